The van der Waals surface area contributed by atoms with Crippen molar-refractivity contribution in [1.29, 1.82) is 0 Å². The van der Waals surface area contributed by atoms with E-state index < -0.39 is 17.4 Å². The van der Waals surface area contributed by atoms with Gasteiger partial charge in [0.25, 0.3) is 0 Å². The van der Waals surface area contributed by atoms with E-state index in [1.54, 1.807) is 13.8 Å². The van der Waals surface area contributed by atoms with Gasteiger partial charge >= 0.3 is 6.03 Å². The van der Waals surface area contributed by atoms with Crippen molar-refractivity contribution in [2.75, 3.05) is 0 Å². The third-order valence-electron chi connectivity index (χ3n) is 4.15. The Bertz CT molecular complexity index is 391. The summed E-state index contributed by atoms with van der Waals surface area (Å²) < 4.78 is 0. The van der Waals surface area contributed by atoms with Gasteiger partial charge in [-0.15, -0.1) is 0 Å². The van der Waals surface area contributed by atoms with Crippen molar-refractivity contribution in [2.24, 2.45) is 5.41 Å². The van der Waals surface area contributed by atoms with Gasteiger partial charge in [-0.3, -0.25) is 19.8 Å². The Kier molecular flexibility index (Phi) is 2.52. The summed E-state index contributed by atoms with van der Waals surface area (Å²) in [6, 6.07) is -0.555. The van der Waals surface area contributed by atoms with E-state index in [2.05, 4.69) is 5.32 Å². The topological polar surface area (TPSA) is 66.5 Å². The summed E-state index contributed by atoms with van der Waals surface area (Å²) in [4.78, 5) is 37.1. The van der Waals surface area contributed by atoms with Gasteiger partial charge in [0.05, 0.1) is 5.54 Å². The van der Waals surface area contributed by atoms with Crippen LogP contribution < -0.4 is 5.32 Å². The Labute approximate surface area is 101 Å². The van der Waals surface area contributed by atoms with Gasteiger partial charge in [-0.2, -0.15) is 0 Å². The maximum absolute atomic E-state index is 12.3. The Morgan fingerprint density at radius 3 is 2.24 bits per heavy atom. The van der Waals surface area contributed by atoms with E-state index in [0.717, 1.165) is 25.7 Å². The number of nitrogens with one attached hydrogen (secondary N) is 1. The normalized spacial score (nSPS) is 26.5. The van der Waals surface area contributed by atoms with E-state index in [1.165, 1.54) is 4.90 Å². The molecule has 0 bridgehead atoms. The predicted molar refractivity (Wildman–Crippen MR) is 61.0 cm³/mol. The molecule has 0 aromatic carbocycles. The summed E-state index contributed by atoms with van der Waals surface area (Å²) in [6.07, 6.45) is 3.45. The molecule has 5 heteroatoms. The zero-order valence-electron chi connectivity index (χ0n) is 10.5. The number of barbiturate groups is 1. The van der Waals surface area contributed by atoms with Crippen molar-refractivity contribution in [3.05, 3.63) is 0 Å². The largest absolute Gasteiger partial charge is 0.331 e. The van der Waals surface area contributed by atoms with Gasteiger partial charge < -0.3 is 0 Å². The van der Waals surface area contributed by atoms with E-state index in [4.69, 9.17) is 0 Å². The van der Waals surface area contributed by atoms with Crippen LogP contribution in [0.5, 0.6) is 0 Å². The lowest BCUT2D eigenvalue weighted by Crippen LogP contribution is -2.70. The van der Waals surface area contributed by atoms with Crippen LogP contribution in [-0.4, -0.2) is 28.3 Å². The molecular weight excluding hydrogens is 220 g/mol. The molecule has 2 fully saturated rings. The third-order valence-corrected chi connectivity index (χ3v) is 4.15. The highest BCUT2D eigenvalue weighted by atomic mass is 16.2. The van der Waals surface area contributed by atoms with Crippen molar-refractivity contribution in [3.8, 4) is 0 Å². The number of urea groups is 1. The molecule has 0 unspecified atom stereocenters. The average molecular weight is 238 g/mol. The monoisotopic (exact) mass is 238 g/mol. The molecule has 0 aromatic heterocycles. The van der Waals surface area contributed by atoms with E-state index in [9.17, 15) is 14.4 Å². The fourth-order valence-electron chi connectivity index (χ4n) is 2.53. The molecule has 1 aliphatic heterocycles. The maximum Gasteiger partial charge on any atom is 0.331 e. The summed E-state index contributed by atoms with van der Waals surface area (Å²) in [6.45, 7) is 5.10. The maximum atomic E-state index is 12.3. The number of nitrogens with zero attached hydrogens (tertiary/aromatic N) is 1. The van der Waals surface area contributed by atoms with Gasteiger partial charge in [0.2, 0.25) is 11.8 Å². The molecule has 0 atom stereocenters. The minimum absolute atomic E-state index is 0.362. The van der Waals surface area contributed by atoms with Crippen LogP contribution in [0.2, 0.25) is 0 Å². The van der Waals surface area contributed by atoms with Crippen LogP contribution in [0.1, 0.15) is 46.5 Å². The molecular formula is C12H18N2O3. The second-order valence-electron chi connectivity index (χ2n) is 5.46. The zero-order chi connectivity index (χ0) is 12.8. The number of carbonyl (C=O) groups excluding carboxylic acids is 3. The lowest BCUT2D eigenvalue weighted by atomic mass is 9.71. The third kappa shape index (κ3) is 1.48. The molecule has 0 spiro atoms. The smallest absolute Gasteiger partial charge is 0.277 e. The number of hydrogen-bond acceptors (Lipinski definition) is 3. The molecule has 94 valence electrons. The number of rotatable bonds is 2. The first-order chi connectivity index (χ1) is 7.85. The highest BCUT2D eigenvalue weighted by Crippen LogP contribution is 2.43. The average Bonchev–Trinajstić information content (AvgIpc) is 2.19. The number of carbonyl (C=O) groups is 3. The van der Waals surface area contributed by atoms with Crippen molar-refractivity contribution < 1.29 is 14.4 Å². The number of hydrogen-bond donors (Lipinski definition) is 1. The molecule has 0 radical (unpaired) electrons. The Balaban J connectivity index is 2.37. The molecule has 4 amide bonds. The number of amides is 4. The first-order valence-corrected chi connectivity index (χ1v) is 6.05. The van der Waals surface area contributed by atoms with Crippen molar-refractivity contribution in [3.63, 3.8) is 0 Å². The summed E-state index contributed by atoms with van der Waals surface area (Å²) in [5, 5.41) is 2.29. The van der Waals surface area contributed by atoms with Gasteiger partial charge in [-0.05, 0) is 39.5 Å². The van der Waals surface area contributed by atoms with Crippen LogP contribution in [0, 0.1) is 5.41 Å². The van der Waals surface area contributed by atoms with Gasteiger partial charge in [0, 0.05) is 0 Å². The van der Waals surface area contributed by atoms with Crippen LogP contribution in [0.3, 0.4) is 0 Å². The van der Waals surface area contributed by atoms with Crippen LogP contribution in [-0.2, 0) is 9.59 Å². The van der Waals surface area contributed by atoms with E-state index in [0.29, 0.717) is 0 Å². The molecule has 1 saturated heterocycles. The fraction of sp³-hybridized carbons (Fsp3) is 0.750. The molecule has 2 rings (SSSR count). The van der Waals surface area contributed by atoms with E-state index in [1.807, 2.05) is 6.92 Å². The summed E-state index contributed by atoms with van der Waals surface area (Å²) >= 11 is 0. The summed E-state index contributed by atoms with van der Waals surface area (Å²) in [5.41, 5.74) is -1.51. The Morgan fingerprint density at radius 1 is 1.24 bits per heavy atom. The SMILES string of the molecule is CCC1(N2C(=O)NC(=O)C(C)(C)C2=O)CCC1. The van der Waals surface area contributed by atoms with Crippen molar-refractivity contribution >= 4 is 17.8 Å². The van der Waals surface area contributed by atoms with Crippen LogP contribution in [0.15, 0.2) is 0 Å². The molecule has 1 aliphatic carbocycles. The Morgan fingerprint density at radius 2 is 1.82 bits per heavy atom. The van der Waals surface area contributed by atoms with Crippen LogP contribution in [0.25, 0.3) is 0 Å². The number of imide groups is 2. The molecule has 5 nitrogen and oxygen atoms in total. The van der Waals surface area contributed by atoms with Gasteiger partial charge in [-0.1, -0.05) is 6.92 Å². The fourth-order valence-corrected chi connectivity index (χ4v) is 2.53. The second kappa shape index (κ2) is 3.55. The molecule has 0 aromatic rings. The van der Waals surface area contributed by atoms with Crippen LogP contribution in [0.4, 0.5) is 4.79 Å². The first kappa shape index (κ1) is 12.1. The lowest BCUT2D eigenvalue weighted by Gasteiger charge is -2.51. The standard InChI is InChI=1S/C12H18N2O3/c1-4-12(6-5-7-12)14-9(16)11(2,3)8(15)13-10(14)17/h4-7H2,1-3H3,(H,13,15,17). The highest BCUT2D eigenvalue weighted by molar-refractivity contribution is 6.19. The van der Waals surface area contributed by atoms with Crippen LogP contribution >= 0.6 is 0 Å². The van der Waals surface area contributed by atoms with Crippen molar-refractivity contribution in [1.82, 2.24) is 10.2 Å². The highest BCUT2D eigenvalue weighted by Gasteiger charge is 2.55. The first-order valence-electron chi connectivity index (χ1n) is 6.05. The van der Waals surface area contributed by atoms with Gasteiger partial charge in [0.1, 0.15) is 5.41 Å². The van der Waals surface area contributed by atoms with E-state index >= 15 is 0 Å². The minimum Gasteiger partial charge on any atom is -0.277 e. The van der Waals surface area contributed by atoms with Gasteiger partial charge in [0.15, 0.2) is 0 Å². The predicted octanol–water partition coefficient (Wildman–Crippen LogP) is 1.42. The summed E-state index contributed by atoms with van der Waals surface area (Å²) in [5.74, 6) is -0.873. The molecule has 1 saturated carbocycles. The summed E-state index contributed by atoms with van der Waals surface area (Å²) in [7, 11) is 0. The zero-order valence-corrected chi connectivity index (χ0v) is 10.5. The quantitative estimate of drug-likeness (QED) is 0.740. The Hall–Kier alpha value is -1.39. The molecule has 1 heterocycles. The molecule has 17 heavy (non-hydrogen) atoms. The molecule has 1 N–H and O–H groups in total. The van der Waals surface area contributed by atoms with E-state index in [-0.39, 0.29) is 11.4 Å². The second-order valence-corrected chi connectivity index (χ2v) is 5.46. The van der Waals surface area contributed by atoms with Gasteiger partial charge in [-0.25, -0.2) is 4.79 Å². The van der Waals surface area contributed by atoms with Crippen molar-refractivity contribution in [2.45, 2.75) is 52.0 Å². The molecule has 2 aliphatic rings. The minimum atomic E-state index is -1.15. The lowest BCUT2D eigenvalue weighted by molar-refractivity contribution is -0.156.